The Balaban J connectivity index is 2.89. The van der Waals surface area contributed by atoms with Crippen LogP contribution in [0.4, 0.5) is 4.39 Å². The van der Waals surface area contributed by atoms with E-state index in [0.29, 0.717) is 6.61 Å². The van der Waals surface area contributed by atoms with Crippen LogP contribution in [-0.4, -0.2) is 13.7 Å². The van der Waals surface area contributed by atoms with E-state index in [-0.39, 0.29) is 17.7 Å². The summed E-state index contributed by atoms with van der Waals surface area (Å²) >= 11 is 0. The Morgan fingerprint density at radius 2 is 2.27 bits per heavy atom. The molecule has 0 aliphatic heterocycles. The van der Waals surface area contributed by atoms with Crippen molar-refractivity contribution in [3.8, 4) is 5.75 Å². The summed E-state index contributed by atoms with van der Waals surface area (Å²) in [6.07, 6.45) is -0.268. The lowest BCUT2D eigenvalue weighted by Crippen LogP contribution is -2.36. The van der Waals surface area contributed by atoms with Crippen molar-refractivity contribution in [3.05, 3.63) is 29.6 Å². The van der Waals surface area contributed by atoms with E-state index in [1.165, 1.54) is 6.07 Å². The number of nitrogens with one attached hydrogen (secondary N) is 2. The molecular weight excluding hydrogens is 197 g/mol. The number of ether oxygens (including phenoxy) is 1. The molecule has 0 heterocycles. The Morgan fingerprint density at radius 3 is 2.73 bits per heavy atom. The fourth-order valence-electron chi connectivity index (χ4n) is 1.32. The van der Waals surface area contributed by atoms with Crippen molar-refractivity contribution in [3.63, 3.8) is 0 Å². The van der Waals surface area contributed by atoms with Crippen LogP contribution in [0.2, 0.25) is 0 Å². The molecule has 0 radical (unpaired) electrons. The summed E-state index contributed by atoms with van der Waals surface area (Å²) in [6.45, 7) is 2.26. The maximum absolute atomic E-state index is 13.4. The third-order valence-corrected chi connectivity index (χ3v) is 2.04. The molecule has 84 valence electrons. The van der Waals surface area contributed by atoms with Gasteiger partial charge in [-0.1, -0.05) is 6.07 Å². The summed E-state index contributed by atoms with van der Waals surface area (Å²) in [7, 11) is 1.74. The van der Waals surface area contributed by atoms with E-state index in [2.05, 4.69) is 10.7 Å². The quantitative estimate of drug-likeness (QED) is 0.386. The van der Waals surface area contributed by atoms with Gasteiger partial charge < -0.3 is 10.1 Å². The van der Waals surface area contributed by atoms with E-state index in [9.17, 15) is 4.39 Å². The average Bonchev–Trinajstić information content (AvgIpc) is 2.24. The molecule has 4 N–H and O–H groups in total. The summed E-state index contributed by atoms with van der Waals surface area (Å²) in [4.78, 5) is 0. The third kappa shape index (κ3) is 2.89. The number of hydrazine groups is 1. The van der Waals surface area contributed by atoms with Crippen molar-refractivity contribution < 1.29 is 9.13 Å². The SMILES string of the molecule is CCOc1ccc(C(NC)NN)cc1F. The number of rotatable bonds is 5. The van der Waals surface area contributed by atoms with Crippen LogP contribution in [0.25, 0.3) is 0 Å². The van der Waals surface area contributed by atoms with Crippen LogP contribution >= 0.6 is 0 Å². The van der Waals surface area contributed by atoms with Gasteiger partial charge >= 0.3 is 0 Å². The predicted molar refractivity (Wildman–Crippen MR) is 56.7 cm³/mol. The summed E-state index contributed by atoms with van der Waals surface area (Å²) in [6, 6.07) is 4.75. The van der Waals surface area contributed by atoms with Crippen molar-refractivity contribution in [2.75, 3.05) is 13.7 Å². The highest BCUT2D eigenvalue weighted by atomic mass is 19.1. The molecule has 0 bridgehead atoms. The van der Waals surface area contributed by atoms with Gasteiger partial charge in [0.25, 0.3) is 0 Å². The molecule has 0 amide bonds. The number of nitrogens with two attached hydrogens (primary N) is 1. The fraction of sp³-hybridized carbons (Fsp3) is 0.400. The molecule has 1 aromatic rings. The highest BCUT2D eigenvalue weighted by Gasteiger charge is 2.10. The maximum Gasteiger partial charge on any atom is 0.165 e. The van der Waals surface area contributed by atoms with Gasteiger partial charge in [-0.15, -0.1) is 0 Å². The highest BCUT2D eigenvalue weighted by molar-refractivity contribution is 5.30. The van der Waals surface area contributed by atoms with E-state index < -0.39 is 0 Å². The summed E-state index contributed by atoms with van der Waals surface area (Å²) in [5, 5.41) is 2.90. The van der Waals surface area contributed by atoms with E-state index in [1.54, 1.807) is 19.2 Å². The van der Waals surface area contributed by atoms with Gasteiger partial charge in [-0.3, -0.25) is 5.84 Å². The van der Waals surface area contributed by atoms with Gasteiger partial charge in [-0.25, -0.2) is 9.82 Å². The van der Waals surface area contributed by atoms with Crippen molar-refractivity contribution >= 4 is 0 Å². The van der Waals surface area contributed by atoms with Gasteiger partial charge in [-0.2, -0.15) is 0 Å². The zero-order valence-corrected chi connectivity index (χ0v) is 8.88. The average molecular weight is 213 g/mol. The first kappa shape index (κ1) is 11.9. The number of hydrogen-bond donors (Lipinski definition) is 3. The second-order valence-electron chi connectivity index (χ2n) is 3.01. The molecule has 1 rings (SSSR count). The summed E-state index contributed by atoms with van der Waals surface area (Å²) in [5.41, 5.74) is 3.25. The van der Waals surface area contributed by atoms with Crippen molar-refractivity contribution in [2.24, 2.45) is 5.84 Å². The molecular formula is C10H16FN3O. The van der Waals surface area contributed by atoms with Crippen LogP contribution in [0.5, 0.6) is 5.75 Å². The van der Waals surface area contributed by atoms with Gasteiger partial charge in [0.2, 0.25) is 0 Å². The third-order valence-electron chi connectivity index (χ3n) is 2.04. The first-order chi connectivity index (χ1) is 7.22. The van der Waals surface area contributed by atoms with Gasteiger partial charge in [0.1, 0.15) is 0 Å². The lowest BCUT2D eigenvalue weighted by molar-refractivity contribution is 0.321. The fourth-order valence-corrected chi connectivity index (χ4v) is 1.32. The minimum atomic E-state index is -0.384. The van der Waals surface area contributed by atoms with Gasteiger partial charge in [0.05, 0.1) is 12.8 Å². The maximum atomic E-state index is 13.4. The first-order valence-electron chi connectivity index (χ1n) is 4.78. The molecule has 0 saturated heterocycles. The minimum absolute atomic E-state index is 0.258. The molecule has 4 nitrogen and oxygen atoms in total. The lowest BCUT2D eigenvalue weighted by Gasteiger charge is -2.16. The van der Waals surface area contributed by atoms with E-state index in [0.717, 1.165) is 5.56 Å². The molecule has 0 aromatic heterocycles. The monoisotopic (exact) mass is 213 g/mol. The van der Waals surface area contributed by atoms with Crippen LogP contribution in [0.3, 0.4) is 0 Å². The van der Waals surface area contributed by atoms with Crippen molar-refractivity contribution in [1.82, 2.24) is 10.7 Å². The Hall–Kier alpha value is -1.17. The lowest BCUT2D eigenvalue weighted by atomic mass is 10.1. The molecule has 0 aliphatic carbocycles. The minimum Gasteiger partial charge on any atom is -0.491 e. The van der Waals surface area contributed by atoms with E-state index >= 15 is 0 Å². The predicted octanol–water partition coefficient (Wildman–Crippen LogP) is 0.906. The van der Waals surface area contributed by atoms with Crippen LogP contribution in [0, 0.1) is 5.82 Å². The Kier molecular flexibility index (Phi) is 4.48. The molecule has 1 unspecified atom stereocenters. The van der Waals surface area contributed by atoms with Crippen LogP contribution in [0.15, 0.2) is 18.2 Å². The Morgan fingerprint density at radius 1 is 1.53 bits per heavy atom. The standard InChI is InChI=1S/C10H16FN3O/c1-3-15-9-5-4-7(6-8(9)11)10(13-2)14-12/h4-6,10,13-14H,3,12H2,1-2H3. The van der Waals surface area contributed by atoms with Crippen LogP contribution in [-0.2, 0) is 0 Å². The highest BCUT2D eigenvalue weighted by Crippen LogP contribution is 2.20. The second kappa shape index (κ2) is 5.65. The summed E-state index contributed by atoms with van der Waals surface area (Å²) < 4.78 is 18.5. The summed E-state index contributed by atoms with van der Waals surface area (Å²) in [5.74, 6) is 5.17. The normalized spacial score (nSPS) is 12.5. The number of hydrogen-bond acceptors (Lipinski definition) is 4. The van der Waals surface area contributed by atoms with Crippen LogP contribution in [0.1, 0.15) is 18.7 Å². The molecule has 0 spiro atoms. The molecule has 1 aromatic carbocycles. The Labute approximate surface area is 88.6 Å². The van der Waals surface area contributed by atoms with Gasteiger partial charge in [0, 0.05) is 0 Å². The second-order valence-corrected chi connectivity index (χ2v) is 3.01. The Bertz CT molecular complexity index is 316. The molecule has 0 fully saturated rings. The molecule has 1 atom stereocenters. The van der Waals surface area contributed by atoms with E-state index in [1.807, 2.05) is 6.92 Å². The molecule has 0 aliphatic rings. The first-order valence-corrected chi connectivity index (χ1v) is 4.78. The largest absolute Gasteiger partial charge is 0.491 e. The zero-order chi connectivity index (χ0) is 11.3. The molecule has 15 heavy (non-hydrogen) atoms. The molecule has 5 heteroatoms. The molecule has 0 saturated carbocycles. The number of halogens is 1. The van der Waals surface area contributed by atoms with Gasteiger partial charge in [-0.05, 0) is 31.7 Å². The van der Waals surface area contributed by atoms with Crippen molar-refractivity contribution in [2.45, 2.75) is 13.1 Å². The van der Waals surface area contributed by atoms with Gasteiger partial charge in [0.15, 0.2) is 11.6 Å². The smallest absolute Gasteiger partial charge is 0.165 e. The number of benzene rings is 1. The zero-order valence-electron chi connectivity index (χ0n) is 8.88. The van der Waals surface area contributed by atoms with Crippen LogP contribution < -0.4 is 21.3 Å². The van der Waals surface area contributed by atoms with Crippen molar-refractivity contribution in [1.29, 1.82) is 0 Å². The topological polar surface area (TPSA) is 59.3 Å². The van der Waals surface area contributed by atoms with E-state index in [4.69, 9.17) is 10.6 Å².